The molecule has 10 heteroatoms. The number of anilines is 1. The number of carbonyl (C=O) groups is 3. The van der Waals surface area contributed by atoms with Gasteiger partial charge in [0.1, 0.15) is 11.3 Å². The Labute approximate surface area is 165 Å². The zero-order chi connectivity index (χ0) is 20.7. The summed E-state index contributed by atoms with van der Waals surface area (Å²) < 4.78 is 9.96. The summed E-state index contributed by atoms with van der Waals surface area (Å²) in [7, 11) is 2.82. The largest absolute Gasteiger partial charge is 0.495 e. The van der Waals surface area contributed by atoms with Crippen LogP contribution in [-0.4, -0.2) is 55.0 Å². The topological polar surface area (TPSA) is 118 Å². The van der Waals surface area contributed by atoms with Crippen LogP contribution in [0.25, 0.3) is 0 Å². The highest BCUT2D eigenvalue weighted by Crippen LogP contribution is 2.27. The Balaban J connectivity index is 1.89. The van der Waals surface area contributed by atoms with Crippen molar-refractivity contribution < 1.29 is 23.9 Å². The lowest BCUT2D eigenvalue weighted by Crippen LogP contribution is -2.37. The van der Waals surface area contributed by atoms with Crippen LogP contribution in [0.15, 0.2) is 41.3 Å². The van der Waals surface area contributed by atoms with E-state index in [-0.39, 0.29) is 12.1 Å². The van der Waals surface area contributed by atoms with Gasteiger partial charge in [-0.15, -0.1) is 0 Å². The summed E-state index contributed by atoms with van der Waals surface area (Å²) in [5.74, 6) is -1.64. The fraction of sp³-hybridized carbons (Fsp3) is 0.222. The first-order valence-electron chi connectivity index (χ1n) is 8.04. The number of nitrogens with one attached hydrogen (secondary N) is 2. The number of hydrogen-bond acceptors (Lipinski definition) is 6. The van der Waals surface area contributed by atoms with Crippen LogP contribution in [0.4, 0.5) is 5.69 Å². The normalized spacial score (nSPS) is 10.1. The molecule has 0 unspecified atom stereocenters. The molecule has 28 heavy (non-hydrogen) atoms. The average Bonchev–Trinajstić information content (AvgIpc) is 2.66. The molecule has 2 rings (SSSR count). The molecule has 0 bridgehead atoms. The lowest BCUT2D eigenvalue weighted by Gasteiger charge is -2.17. The fourth-order valence-corrected chi connectivity index (χ4v) is 2.34. The first kappa shape index (κ1) is 21.0. The molecule has 2 aromatic rings. The number of halogens is 1. The van der Waals surface area contributed by atoms with Crippen LogP contribution in [0.5, 0.6) is 5.75 Å². The second-order valence-corrected chi connectivity index (χ2v) is 6.07. The predicted octanol–water partition coefficient (Wildman–Crippen LogP) is 1.29. The zero-order valence-electron chi connectivity index (χ0n) is 15.2. The SMILES string of the molecule is COc1ccc(Cl)cc1NC(=O)CN(C)C(=O)COC(=O)c1ccc[nH]c1=O. The smallest absolute Gasteiger partial charge is 0.344 e. The molecule has 1 aromatic carbocycles. The number of methoxy groups -OCH3 is 1. The van der Waals surface area contributed by atoms with Gasteiger partial charge in [0.2, 0.25) is 5.91 Å². The molecule has 2 amide bonds. The number of carbonyl (C=O) groups excluding carboxylic acids is 3. The van der Waals surface area contributed by atoms with Gasteiger partial charge in [-0.05, 0) is 30.3 Å². The number of rotatable bonds is 7. The van der Waals surface area contributed by atoms with E-state index in [4.69, 9.17) is 21.1 Å². The van der Waals surface area contributed by atoms with Gasteiger partial charge in [0.05, 0.1) is 19.3 Å². The molecule has 0 fully saturated rings. The lowest BCUT2D eigenvalue weighted by molar-refractivity contribution is -0.136. The van der Waals surface area contributed by atoms with Gasteiger partial charge in [0.25, 0.3) is 11.5 Å². The van der Waals surface area contributed by atoms with Gasteiger partial charge >= 0.3 is 5.97 Å². The molecule has 0 aliphatic rings. The molecule has 0 saturated heterocycles. The number of amides is 2. The quantitative estimate of drug-likeness (QED) is 0.668. The van der Waals surface area contributed by atoms with Gasteiger partial charge in [0, 0.05) is 18.3 Å². The Morgan fingerprint density at radius 3 is 2.68 bits per heavy atom. The maximum atomic E-state index is 12.2. The van der Waals surface area contributed by atoms with Crippen molar-refractivity contribution in [2.45, 2.75) is 0 Å². The number of aromatic nitrogens is 1. The van der Waals surface area contributed by atoms with Crippen molar-refractivity contribution in [1.29, 1.82) is 0 Å². The highest BCUT2D eigenvalue weighted by atomic mass is 35.5. The molecule has 9 nitrogen and oxygen atoms in total. The predicted molar refractivity (Wildman–Crippen MR) is 102 cm³/mol. The Kier molecular flexibility index (Phi) is 7.16. The number of benzene rings is 1. The summed E-state index contributed by atoms with van der Waals surface area (Å²) in [6, 6.07) is 7.45. The van der Waals surface area contributed by atoms with E-state index < -0.39 is 29.9 Å². The second-order valence-electron chi connectivity index (χ2n) is 5.63. The van der Waals surface area contributed by atoms with Crippen LogP contribution in [0.2, 0.25) is 5.02 Å². The van der Waals surface area contributed by atoms with Crippen LogP contribution in [0, 0.1) is 0 Å². The van der Waals surface area contributed by atoms with Crippen molar-refractivity contribution in [1.82, 2.24) is 9.88 Å². The monoisotopic (exact) mass is 407 g/mol. The molecule has 0 saturated carbocycles. The molecule has 0 atom stereocenters. The number of ether oxygens (including phenoxy) is 2. The van der Waals surface area contributed by atoms with Gasteiger partial charge in [0.15, 0.2) is 6.61 Å². The average molecular weight is 408 g/mol. The van der Waals surface area contributed by atoms with Crippen LogP contribution in [0.1, 0.15) is 10.4 Å². The van der Waals surface area contributed by atoms with Crippen molar-refractivity contribution in [2.75, 3.05) is 32.6 Å². The first-order valence-corrected chi connectivity index (χ1v) is 8.41. The Hall–Kier alpha value is -3.33. The Bertz CT molecular complexity index is 943. The third-order valence-corrected chi connectivity index (χ3v) is 3.84. The highest BCUT2D eigenvalue weighted by Gasteiger charge is 2.18. The van der Waals surface area contributed by atoms with Crippen LogP contribution >= 0.6 is 11.6 Å². The zero-order valence-corrected chi connectivity index (χ0v) is 15.9. The third-order valence-electron chi connectivity index (χ3n) is 3.61. The van der Waals surface area contributed by atoms with Gasteiger partial charge < -0.3 is 24.7 Å². The first-order chi connectivity index (χ1) is 13.3. The Morgan fingerprint density at radius 2 is 2.00 bits per heavy atom. The van der Waals surface area contributed by atoms with E-state index in [0.29, 0.717) is 16.5 Å². The standard InChI is InChI=1S/C18H18ClN3O6/c1-22(9-15(23)21-13-8-11(19)5-6-14(13)27-2)16(24)10-28-18(26)12-4-3-7-20-17(12)25/h3-8H,9-10H2,1-2H3,(H,20,25)(H,21,23). The van der Waals surface area contributed by atoms with Crippen LogP contribution in [0.3, 0.4) is 0 Å². The van der Waals surface area contributed by atoms with Gasteiger partial charge in [-0.25, -0.2) is 4.79 Å². The van der Waals surface area contributed by atoms with Gasteiger partial charge in [-0.1, -0.05) is 11.6 Å². The number of pyridine rings is 1. The summed E-state index contributed by atoms with van der Waals surface area (Å²) >= 11 is 5.90. The van der Waals surface area contributed by atoms with E-state index in [1.807, 2.05) is 0 Å². The van der Waals surface area contributed by atoms with Crippen molar-refractivity contribution in [3.8, 4) is 5.75 Å². The minimum absolute atomic E-state index is 0.219. The molecule has 148 valence electrons. The van der Waals surface area contributed by atoms with E-state index in [9.17, 15) is 19.2 Å². The number of esters is 1. The molecule has 0 aliphatic heterocycles. The van der Waals surface area contributed by atoms with Crippen molar-refractivity contribution >= 4 is 35.1 Å². The Morgan fingerprint density at radius 1 is 1.25 bits per heavy atom. The highest BCUT2D eigenvalue weighted by molar-refractivity contribution is 6.31. The summed E-state index contributed by atoms with van der Waals surface area (Å²) in [6.45, 7) is -0.907. The van der Waals surface area contributed by atoms with Crippen LogP contribution < -0.4 is 15.6 Å². The number of nitrogens with zero attached hydrogens (tertiary/aromatic N) is 1. The van der Waals surface area contributed by atoms with E-state index in [0.717, 1.165) is 4.90 Å². The summed E-state index contributed by atoms with van der Waals surface area (Å²) in [5.41, 5.74) is -0.484. The van der Waals surface area contributed by atoms with E-state index in [1.54, 1.807) is 12.1 Å². The maximum absolute atomic E-state index is 12.2. The minimum Gasteiger partial charge on any atom is -0.495 e. The minimum atomic E-state index is -0.934. The molecule has 1 aromatic heterocycles. The molecule has 0 radical (unpaired) electrons. The molecule has 1 heterocycles. The number of aromatic amines is 1. The van der Waals surface area contributed by atoms with Crippen molar-refractivity contribution in [2.24, 2.45) is 0 Å². The molecular weight excluding hydrogens is 390 g/mol. The lowest BCUT2D eigenvalue weighted by atomic mass is 10.3. The van der Waals surface area contributed by atoms with E-state index in [2.05, 4.69) is 10.3 Å². The second kappa shape index (κ2) is 9.56. The molecule has 0 spiro atoms. The molecule has 2 N–H and O–H groups in total. The number of hydrogen-bond donors (Lipinski definition) is 2. The summed E-state index contributed by atoms with van der Waals surface area (Å²) in [5, 5.41) is 3.00. The molecular formula is C18H18ClN3O6. The maximum Gasteiger partial charge on any atom is 0.344 e. The third kappa shape index (κ3) is 5.58. The fourth-order valence-electron chi connectivity index (χ4n) is 2.17. The van der Waals surface area contributed by atoms with Gasteiger partial charge in [-0.3, -0.25) is 14.4 Å². The number of likely N-dealkylation sites (N-methyl/N-ethyl adjacent to an activating group) is 1. The van der Waals surface area contributed by atoms with E-state index >= 15 is 0 Å². The molecule has 0 aliphatic carbocycles. The summed E-state index contributed by atoms with van der Waals surface area (Å²) in [4.78, 5) is 51.0. The van der Waals surface area contributed by atoms with E-state index in [1.165, 1.54) is 38.6 Å². The van der Waals surface area contributed by atoms with Crippen molar-refractivity contribution in [3.63, 3.8) is 0 Å². The summed E-state index contributed by atoms with van der Waals surface area (Å²) in [6.07, 6.45) is 1.37. The van der Waals surface area contributed by atoms with Gasteiger partial charge in [-0.2, -0.15) is 0 Å². The number of H-pyrrole nitrogens is 1. The van der Waals surface area contributed by atoms with Crippen molar-refractivity contribution in [3.05, 3.63) is 57.5 Å². The van der Waals surface area contributed by atoms with Crippen LogP contribution in [-0.2, 0) is 14.3 Å².